The first-order chi connectivity index (χ1) is 16.1. The number of anilines is 1. The van der Waals surface area contributed by atoms with E-state index in [0.29, 0.717) is 12.0 Å². The zero-order valence-corrected chi connectivity index (χ0v) is 19.8. The van der Waals surface area contributed by atoms with Crippen molar-refractivity contribution in [3.8, 4) is 5.88 Å². The first-order valence-electron chi connectivity index (χ1n) is 12.2. The minimum absolute atomic E-state index is 0.0392. The van der Waals surface area contributed by atoms with Crippen LogP contribution in [0.15, 0.2) is 47.6 Å². The first kappa shape index (κ1) is 22.5. The van der Waals surface area contributed by atoms with Crippen molar-refractivity contribution in [1.29, 1.82) is 0 Å². The van der Waals surface area contributed by atoms with E-state index in [1.807, 2.05) is 36.5 Å². The number of ether oxygens (including phenoxy) is 1. The molecule has 1 aliphatic carbocycles. The van der Waals surface area contributed by atoms with E-state index in [4.69, 9.17) is 21.3 Å². The van der Waals surface area contributed by atoms with Crippen LogP contribution in [0.3, 0.4) is 0 Å². The maximum atomic E-state index is 13.2. The van der Waals surface area contributed by atoms with E-state index in [9.17, 15) is 5.11 Å². The molecule has 2 saturated heterocycles. The topological polar surface area (TPSA) is 64.0 Å². The zero-order valence-electron chi connectivity index (χ0n) is 19.0. The number of nitrogens with zero attached hydrogens (tertiary/aromatic N) is 4. The average Bonchev–Trinajstić information content (AvgIpc) is 3.25. The van der Waals surface area contributed by atoms with E-state index < -0.39 is 0 Å². The van der Waals surface area contributed by atoms with E-state index in [-0.39, 0.29) is 17.9 Å². The second-order valence-corrected chi connectivity index (χ2v) is 10.00. The van der Waals surface area contributed by atoms with Gasteiger partial charge in [0.05, 0.1) is 6.04 Å². The highest BCUT2D eigenvalue weighted by Crippen LogP contribution is 2.27. The summed E-state index contributed by atoms with van der Waals surface area (Å²) in [5.74, 6) is 0.685. The van der Waals surface area contributed by atoms with Gasteiger partial charge in [0.15, 0.2) is 0 Å². The Bertz CT molecular complexity index is 940. The number of benzene rings is 1. The predicted molar refractivity (Wildman–Crippen MR) is 130 cm³/mol. The number of likely N-dealkylation sites (tertiary alicyclic amines) is 1. The van der Waals surface area contributed by atoms with E-state index in [1.165, 1.54) is 12.8 Å². The van der Waals surface area contributed by atoms with Crippen molar-refractivity contribution in [3.63, 3.8) is 0 Å². The van der Waals surface area contributed by atoms with Gasteiger partial charge in [0.25, 0.3) is 0 Å². The maximum absolute atomic E-state index is 13.2. The second kappa shape index (κ2) is 10.3. The molecule has 1 aromatic carbocycles. The van der Waals surface area contributed by atoms with Crippen molar-refractivity contribution in [2.45, 2.75) is 50.7 Å². The molecule has 3 aliphatic rings. The van der Waals surface area contributed by atoms with Crippen LogP contribution in [0.2, 0.25) is 5.02 Å². The highest BCUT2D eigenvalue weighted by atomic mass is 35.5. The van der Waals surface area contributed by atoms with Crippen molar-refractivity contribution in [2.75, 3.05) is 37.6 Å². The standard InChI is InChI=1S/C26H33ClN4O2/c27-21-4-6-23(7-5-21)31-14-11-20(17-31)26(32)29-22(18-30-12-1-2-13-30)15-19-3-10-25(28-16-19)33-24-8-9-24/h3-7,10,16,20,22,24H,1-2,8-9,11-15,17-18H2,(H,29,32)/p-1. The van der Waals surface area contributed by atoms with Gasteiger partial charge >= 0.3 is 0 Å². The number of hydrogen-bond acceptors (Lipinski definition) is 6. The molecule has 176 valence electrons. The normalized spacial score (nSPS) is 22.6. The van der Waals surface area contributed by atoms with Gasteiger partial charge in [0, 0.05) is 48.5 Å². The van der Waals surface area contributed by atoms with Gasteiger partial charge in [0.2, 0.25) is 5.88 Å². The number of rotatable bonds is 9. The minimum atomic E-state index is -0.0470. The summed E-state index contributed by atoms with van der Waals surface area (Å²) in [5.41, 5.74) is 2.22. The lowest BCUT2D eigenvalue weighted by Gasteiger charge is -2.26. The molecule has 0 amide bonds. The molecule has 0 radical (unpaired) electrons. The highest BCUT2D eigenvalue weighted by molar-refractivity contribution is 6.30. The molecule has 3 fully saturated rings. The van der Waals surface area contributed by atoms with E-state index in [0.717, 1.165) is 74.7 Å². The van der Waals surface area contributed by atoms with Crippen molar-refractivity contribution < 1.29 is 9.84 Å². The quantitative estimate of drug-likeness (QED) is 0.416. The van der Waals surface area contributed by atoms with Crippen molar-refractivity contribution in [3.05, 3.63) is 53.2 Å². The Morgan fingerprint density at radius 2 is 1.88 bits per heavy atom. The molecule has 0 spiro atoms. The molecule has 1 aromatic heterocycles. The third kappa shape index (κ3) is 6.18. The van der Waals surface area contributed by atoms with Crippen LogP contribution >= 0.6 is 11.6 Å². The summed E-state index contributed by atoms with van der Waals surface area (Å²) in [5, 5.41) is 13.9. The summed E-state index contributed by atoms with van der Waals surface area (Å²) in [4.78, 5) is 13.9. The summed E-state index contributed by atoms with van der Waals surface area (Å²) < 4.78 is 5.77. The molecular formula is C26H32ClN4O2-. The molecular weight excluding hydrogens is 436 g/mol. The van der Waals surface area contributed by atoms with Crippen LogP contribution in [-0.2, 0) is 6.42 Å². The van der Waals surface area contributed by atoms with Gasteiger partial charge in [-0.15, -0.1) is 0 Å². The molecule has 3 heterocycles. The fourth-order valence-corrected chi connectivity index (χ4v) is 4.90. The minimum Gasteiger partial charge on any atom is -0.862 e. The van der Waals surface area contributed by atoms with Gasteiger partial charge in [-0.2, -0.15) is 0 Å². The monoisotopic (exact) mass is 467 g/mol. The zero-order chi connectivity index (χ0) is 22.6. The van der Waals surface area contributed by atoms with E-state index in [1.54, 1.807) is 0 Å². The van der Waals surface area contributed by atoms with Gasteiger partial charge in [-0.05, 0) is 87.3 Å². The molecule has 5 rings (SSSR count). The number of aliphatic imine (C=N–C) groups is 1. The van der Waals surface area contributed by atoms with E-state index >= 15 is 0 Å². The Kier molecular flexibility index (Phi) is 7.02. The molecule has 6 nitrogen and oxygen atoms in total. The Hall–Kier alpha value is -2.31. The molecule has 2 aromatic rings. The summed E-state index contributed by atoms with van der Waals surface area (Å²) in [7, 11) is 0. The van der Waals surface area contributed by atoms with Gasteiger partial charge in [-0.1, -0.05) is 17.7 Å². The van der Waals surface area contributed by atoms with Crippen LogP contribution in [-0.4, -0.2) is 60.7 Å². The number of aromatic nitrogens is 1. The van der Waals surface area contributed by atoms with Gasteiger partial charge in [-0.25, -0.2) is 4.98 Å². The lowest BCUT2D eigenvalue weighted by atomic mass is 10.1. The van der Waals surface area contributed by atoms with Crippen LogP contribution in [0.5, 0.6) is 5.88 Å². The van der Waals surface area contributed by atoms with E-state index in [2.05, 4.69) is 20.9 Å². The predicted octanol–water partition coefficient (Wildman–Crippen LogP) is 3.57. The SMILES string of the molecule is [O-]C(=NC(Cc1ccc(OC2CC2)nc1)CN1CCCC1)C1CCN(c2ccc(Cl)cc2)C1. The second-order valence-electron chi connectivity index (χ2n) is 9.56. The molecule has 2 unspecified atom stereocenters. The Balaban J connectivity index is 1.24. The third-order valence-corrected chi connectivity index (χ3v) is 7.04. The Morgan fingerprint density at radius 1 is 1.09 bits per heavy atom. The van der Waals surface area contributed by atoms with Gasteiger partial charge in [-0.3, -0.25) is 0 Å². The fraction of sp³-hybridized carbons (Fsp3) is 0.538. The summed E-state index contributed by atoms with van der Waals surface area (Å²) in [6.45, 7) is 4.62. The van der Waals surface area contributed by atoms with Gasteiger partial charge in [0.1, 0.15) is 6.10 Å². The van der Waals surface area contributed by atoms with Crippen LogP contribution < -0.4 is 14.7 Å². The number of halogens is 1. The molecule has 7 heteroatoms. The lowest BCUT2D eigenvalue weighted by molar-refractivity contribution is -0.223. The van der Waals surface area contributed by atoms with Gasteiger partial charge < -0.3 is 24.6 Å². The molecule has 1 saturated carbocycles. The largest absolute Gasteiger partial charge is 0.862 e. The molecule has 0 bridgehead atoms. The van der Waals surface area contributed by atoms with Crippen molar-refractivity contribution in [1.82, 2.24) is 9.88 Å². The lowest BCUT2D eigenvalue weighted by Crippen LogP contribution is -2.36. The first-order valence-corrected chi connectivity index (χ1v) is 12.6. The number of pyridine rings is 1. The van der Waals surface area contributed by atoms with Crippen LogP contribution in [0.1, 0.15) is 37.7 Å². The number of hydrogen-bond donors (Lipinski definition) is 0. The molecule has 2 atom stereocenters. The Morgan fingerprint density at radius 3 is 2.58 bits per heavy atom. The fourth-order valence-electron chi connectivity index (χ4n) is 4.78. The van der Waals surface area contributed by atoms with Crippen LogP contribution in [0.4, 0.5) is 5.69 Å². The summed E-state index contributed by atoms with van der Waals surface area (Å²) in [6, 6.07) is 11.8. The maximum Gasteiger partial charge on any atom is 0.213 e. The Labute approximate surface area is 201 Å². The molecule has 33 heavy (non-hydrogen) atoms. The average molecular weight is 468 g/mol. The summed E-state index contributed by atoms with van der Waals surface area (Å²) >= 11 is 6.02. The van der Waals surface area contributed by atoms with Crippen LogP contribution in [0.25, 0.3) is 0 Å². The summed E-state index contributed by atoms with van der Waals surface area (Å²) in [6.07, 6.45) is 8.51. The highest BCUT2D eigenvalue weighted by Gasteiger charge is 2.25. The van der Waals surface area contributed by atoms with Crippen molar-refractivity contribution >= 4 is 23.2 Å². The van der Waals surface area contributed by atoms with Crippen LogP contribution in [0, 0.1) is 5.92 Å². The smallest absolute Gasteiger partial charge is 0.213 e. The molecule has 2 aliphatic heterocycles. The third-order valence-electron chi connectivity index (χ3n) is 6.79. The van der Waals surface area contributed by atoms with Crippen molar-refractivity contribution in [2.24, 2.45) is 10.9 Å². The molecule has 0 N–H and O–H groups in total.